The van der Waals surface area contributed by atoms with Crippen molar-refractivity contribution in [1.82, 2.24) is 14.1 Å². The van der Waals surface area contributed by atoms with E-state index in [0.717, 1.165) is 5.56 Å². The molecule has 0 fully saturated rings. The monoisotopic (exact) mass is 407 g/mol. The van der Waals surface area contributed by atoms with Crippen LogP contribution in [-0.4, -0.2) is 30.3 Å². The Bertz CT molecular complexity index is 1160. The second kappa shape index (κ2) is 7.59. The van der Waals surface area contributed by atoms with Gasteiger partial charge in [0.25, 0.3) is 5.56 Å². The number of thiazole rings is 1. The fourth-order valence-electron chi connectivity index (χ4n) is 2.40. The Kier molecular flexibility index (Phi) is 5.40. The van der Waals surface area contributed by atoms with Crippen molar-refractivity contribution >= 4 is 32.3 Å². The van der Waals surface area contributed by atoms with Crippen molar-refractivity contribution in [3.63, 3.8) is 0 Å². The van der Waals surface area contributed by atoms with Crippen LogP contribution < -0.4 is 10.3 Å². The summed E-state index contributed by atoms with van der Waals surface area (Å²) in [6, 6.07) is 6.32. The summed E-state index contributed by atoms with van der Waals surface area (Å²) in [5.74, 6) is -0.767. The largest absolute Gasteiger partial charge is 0.458 e. The molecule has 0 amide bonds. The minimum atomic E-state index is -3.84. The number of ether oxygens (including phenoxy) is 1. The van der Waals surface area contributed by atoms with Crippen LogP contribution in [0.15, 0.2) is 45.5 Å². The number of hydrogen-bond acceptors (Lipinski definition) is 7. The maximum atomic E-state index is 12.4. The summed E-state index contributed by atoms with van der Waals surface area (Å²) < 4.78 is 33.4. The van der Waals surface area contributed by atoms with E-state index in [1.165, 1.54) is 27.9 Å². The number of carbonyl (C=O) groups is 1. The summed E-state index contributed by atoms with van der Waals surface area (Å²) >= 11 is 1.28. The lowest BCUT2D eigenvalue weighted by Gasteiger charge is -2.10. The third-order valence-corrected chi connectivity index (χ3v) is 6.08. The zero-order valence-corrected chi connectivity index (χ0v) is 16.3. The second-order valence-electron chi connectivity index (χ2n) is 5.90. The molecule has 0 aliphatic carbocycles. The number of hydrogen-bond donors (Lipinski definition) is 1. The Morgan fingerprint density at radius 1 is 1.30 bits per heavy atom. The molecule has 0 spiro atoms. The number of nitrogens with one attached hydrogen (secondary N) is 1. The quantitative estimate of drug-likeness (QED) is 0.619. The highest BCUT2D eigenvalue weighted by molar-refractivity contribution is 7.89. The summed E-state index contributed by atoms with van der Waals surface area (Å²) in [6.45, 7) is 2.73. The Morgan fingerprint density at radius 3 is 2.85 bits per heavy atom. The molecule has 2 aromatic heterocycles. The van der Waals surface area contributed by atoms with Crippen LogP contribution >= 0.6 is 11.3 Å². The molecule has 0 saturated carbocycles. The number of aryl methyl sites for hydroxylation is 2. The van der Waals surface area contributed by atoms with Gasteiger partial charge < -0.3 is 4.74 Å². The number of rotatable bonds is 6. The Balaban J connectivity index is 1.62. The summed E-state index contributed by atoms with van der Waals surface area (Å²) in [5, 5.41) is 1.72. The Morgan fingerprint density at radius 2 is 2.07 bits per heavy atom. The lowest BCUT2D eigenvalue weighted by Crippen LogP contribution is -2.31. The highest BCUT2D eigenvalue weighted by Gasteiger charge is 2.18. The van der Waals surface area contributed by atoms with Crippen molar-refractivity contribution in [2.45, 2.75) is 25.3 Å². The van der Waals surface area contributed by atoms with E-state index < -0.39 is 22.5 Å². The van der Waals surface area contributed by atoms with Gasteiger partial charge in [-0.15, -0.1) is 11.3 Å². The lowest BCUT2D eigenvalue weighted by atomic mass is 10.2. The van der Waals surface area contributed by atoms with Crippen LogP contribution in [0.4, 0.5) is 0 Å². The van der Waals surface area contributed by atoms with E-state index in [2.05, 4.69) is 9.71 Å². The Hall–Kier alpha value is -2.56. The molecular weight excluding hydrogens is 390 g/mol. The molecule has 3 rings (SSSR count). The van der Waals surface area contributed by atoms with Crippen molar-refractivity contribution in [2.24, 2.45) is 0 Å². The first-order valence-electron chi connectivity index (χ1n) is 7.94. The number of nitrogens with zero attached hydrogens (tertiary/aromatic N) is 2. The fraction of sp³-hybridized carbons (Fsp3) is 0.235. The maximum absolute atomic E-state index is 12.4. The number of carbonyl (C=O) groups excluding carboxylic acids is 1. The van der Waals surface area contributed by atoms with Crippen molar-refractivity contribution in [3.8, 4) is 0 Å². The van der Waals surface area contributed by atoms with Crippen molar-refractivity contribution in [3.05, 3.63) is 63.0 Å². The SMILES string of the molecule is Cc1ccc(C)c(S(=O)(=O)NCC(=O)OCc2cc(=O)n3ccsc3n2)c1. The third kappa shape index (κ3) is 4.41. The highest BCUT2D eigenvalue weighted by atomic mass is 32.2. The predicted octanol–water partition coefficient (Wildman–Crippen LogP) is 1.39. The first-order chi connectivity index (χ1) is 12.8. The summed E-state index contributed by atoms with van der Waals surface area (Å²) in [7, 11) is -3.84. The number of fused-ring (bicyclic) bond motifs is 1. The summed E-state index contributed by atoms with van der Waals surface area (Å²) in [6.07, 6.45) is 1.60. The molecule has 0 aliphatic heterocycles. The van der Waals surface area contributed by atoms with Gasteiger partial charge in [0.1, 0.15) is 13.2 Å². The van der Waals surface area contributed by atoms with Crippen molar-refractivity contribution in [2.75, 3.05) is 6.54 Å². The lowest BCUT2D eigenvalue weighted by molar-refractivity contribution is -0.143. The minimum absolute atomic E-state index is 0.119. The first-order valence-corrected chi connectivity index (χ1v) is 10.3. The normalized spacial score (nSPS) is 11.6. The van der Waals surface area contributed by atoms with Gasteiger partial charge in [0.05, 0.1) is 10.6 Å². The van der Waals surface area contributed by atoms with Gasteiger partial charge in [-0.05, 0) is 31.0 Å². The van der Waals surface area contributed by atoms with Crippen LogP contribution in [0.3, 0.4) is 0 Å². The molecule has 0 unspecified atom stereocenters. The molecule has 0 saturated heterocycles. The number of esters is 1. The summed E-state index contributed by atoms with van der Waals surface area (Å²) in [5.41, 5.74) is 1.40. The number of benzene rings is 1. The molecule has 0 bridgehead atoms. The molecule has 142 valence electrons. The van der Waals surface area contributed by atoms with Gasteiger partial charge in [-0.1, -0.05) is 12.1 Å². The zero-order valence-electron chi connectivity index (χ0n) is 14.6. The number of aromatic nitrogens is 2. The molecule has 1 aromatic carbocycles. The zero-order chi connectivity index (χ0) is 19.6. The molecule has 0 radical (unpaired) electrons. The van der Waals surface area contributed by atoms with Gasteiger partial charge in [0.15, 0.2) is 4.96 Å². The van der Waals surface area contributed by atoms with Crippen LogP contribution in [0.25, 0.3) is 4.96 Å². The van der Waals surface area contributed by atoms with Crippen LogP contribution in [-0.2, 0) is 26.2 Å². The Labute approximate surface area is 159 Å². The van der Waals surface area contributed by atoms with Gasteiger partial charge in [-0.3, -0.25) is 14.0 Å². The van der Waals surface area contributed by atoms with Gasteiger partial charge in [0, 0.05) is 17.6 Å². The average molecular weight is 407 g/mol. The third-order valence-electron chi connectivity index (χ3n) is 3.78. The smallest absolute Gasteiger partial charge is 0.321 e. The van der Waals surface area contributed by atoms with E-state index in [-0.39, 0.29) is 17.1 Å². The predicted molar refractivity (Wildman–Crippen MR) is 100 cm³/mol. The van der Waals surface area contributed by atoms with Gasteiger partial charge in [-0.2, -0.15) is 4.72 Å². The molecule has 1 N–H and O–H groups in total. The van der Waals surface area contributed by atoms with E-state index >= 15 is 0 Å². The maximum Gasteiger partial charge on any atom is 0.321 e. The molecular formula is C17H17N3O5S2. The van der Waals surface area contributed by atoms with Crippen molar-refractivity contribution < 1.29 is 17.9 Å². The van der Waals surface area contributed by atoms with Gasteiger partial charge in [-0.25, -0.2) is 13.4 Å². The van der Waals surface area contributed by atoms with E-state index in [9.17, 15) is 18.0 Å². The van der Waals surface area contributed by atoms with Crippen LogP contribution in [0.1, 0.15) is 16.8 Å². The molecule has 2 heterocycles. The second-order valence-corrected chi connectivity index (χ2v) is 8.50. The topological polar surface area (TPSA) is 107 Å². The van der Waals surface area contributed by atoms with Crippen molar-refractivity contribution in [1.29, 1.82) is 0 Å². The molecule has 8 nitrogen and oxygen atoms in total. The van der Waals surface area contributed by atoms with E-state index in [0.29, 0.717) is 16.2 Å². The number of sulfonamides is 1. The van der Waals surface area contributed by atoms with Crippen LogP contribution in [0.5, 0.6) is 0 Å². The first kappa shape index (κ1) is 19.2. The molecule has 27 heavy (non-hydrogen) atoms. The highest BCUT2D eigenvalue weighted by Crippen LogP contribution is 2.16. The van der Waals surface area contributed by atoms with E-state index in [1.807, 2.05) is 6.07 Å². The standard InChI is InChI=1S/C17H17N3O5S2/c1-11-3-4-12(2)14(7-11)27(23,24)18-9-16(22)25-10-13-8-15(21)20-5-6-26-17(20)19-13/h3-8,18H,9-10H2,1-2H3. The van der Waals surface area contributed by atoms with E-state index in [1.54, 1.807) is 31.5 Å². The van der Waals surface area contributed by atoms with Crippen LogP contribution in [0, 0.1) is 13.8 Å². The van der Waals surface area contributed by atoms with Crippen LogP contribution in [0.2, 0.25) is 0 Å². The summed E-state index contributed by atoms with van der Waals surface area (Å²) in [4.78, 5) is 28.6. The molecule has 10 heteroatoms. The molecule has 0 aliphatic rings. The van der Waals surface area contributed by atoms with Gasteiger partial charge >= 0.3 is 5.97 Å². The molecule has 0 atom stereocenters. The molecule has 3 aromatic rings. The van der Waals surface area contributed by atoms with E-state index in [4.69, 9.17) is 4.74 Å². The average Bonchev–Trinajstić information content (AvgIpc) is 3.09. The van der Waals surface area contributed by atoms with Gasteiger partial charge in [0.2, 0.25) is 10.0 Å². The fourth-order valence-corrected chi connectivity index (χ4v) is 4.43. The minimum Gasteiger partial charge on any atom is -0.458 e.